The van der Waals surface area contributed by atoms with Gasteiger partial charge in [0.2, 0.25) is 0 Å². The van der Waals surface area contributed by atoms with Crippen LogP contribution in [0.2, 0.25) is 5.02 Å². The SMILES string of the molecule is O=C(O)[C@@H]1Nc2c(Cl)ccc(C(F)(F)F)c2[C@H]2C=CC[C@@H]21. The van der Waals surface area contributed by atoms with Crippen molar-refractivity contribution in [2.75, 3.05) is 5.32 Å². The molecule has 7 heteroatoms. The highest BCUT2D eigenvalue weighted by atomic mass is 35.5. The number of allylic oxidation sites excluding steroid dienone is 2. The summed E-state index contributed by atoms with van der Waals surface area (Å²) in [5.41, 5.74) is -0.641. The number of alkyl halides is 3. The lowest BCUT2D eigenvalue weighted by Gasteiger charge is -2.36. The van der Waals surface area contributed by atoms with E-state index in [2.05, 4.69) is 5.32 Å². The molecule has 1 aliphatic heterocycles. The number of carboxylic acid groups (broad SMARTS) is 1. The molecule has 3 nitrogen and oxygen atoms in total. The van der Waals surface area contributed by atoms with Crippen LogP contribution in [0.1, 0.15) is 23.5 Å². The molecule has 0 fully saturated rings. The third kappa shape index (κ3) is 2.18. The summed E-state index contributed by atoms with van der Waals surface area (Å²) in [6.45, 7) is 0. The molecular formula is C14H11ClF3NO2. The van der Waals surface area contributed by atoms with E-state index < -0.39 is 35.6 Å². The Morgan fingerprint density at radius 3 is 2.71 bits per heavy atom. The average Bonchev–Trinajstić information content (AvgIpc) is 2.85. The summed E-state index contributed by atoms with van der Waals surface area (Å²) in [6.07, 6.45) is -0.708. The van der Waals surface area contributed by atoms with Crippen LogP contribution in [0.5, 0.6) is 0 Å². The van der Waals surface area contributed by atoms with Crippen molar-refractivity contribution in [2.45, 2.75) is 24.6 Å². The van der Waals surface area contributed by atoms with E-state index in [0.29, 0.717) is 6.42 Å². The van der Waals surface area contributed by atoms with Crippen molar-refractivity contribution in [3.8, 4) is 0 Å². The highest BCUT2D eigenvalue weighted by Crippen LogP contribution is 2.51. The van der Waals surface area contributed by atoms with Crippen LogP contribution in [-0.4, -0.2) is 17.1 Å². The molecule has 0 aromatic heterocycles. The Labute approximate surface area is 123 Å². The molecule has 21 heavy (non-hydrogen) atoms. The van der Waals surface area contributed by atoms with Gasteiger partial charge in [-0.1, -0.05) is 23.8 Å². The molecule has 2 aliphatic rings. The van der Waals surface area contributed by atoms with Gasteiger partial charge in [-0.15, -0.1) is 0 Å². The molecular weight excluding hydrogens is 307 g/mol. The van der Waals surface area contributed by atoms with E-state index in [9.17, 15) is 23.1 Å². The third-order valence-electron chi connectivity index (χ3n) is 4.04. The smallest absolute Gasteiger partial charge is 0.416 e. The van der Waals surface area contributed by atoms with E-state index in [1.54, 1.807) is 12.2 Å². The molecule has 0 saturated carbocycles. The van der Waals surface area contributed by atoms with Crippen LogP contribution in [0.15, 0.2) is 24.3 Å². The predicted molar refractivity (Wildman–Crippen MR) is 71.5 cm³/mol. The van der Waals surface area contributed by atoms with Gasteiger partial charge in [0, 0.05) is 11.8 Å². The number of hydrogen-bond donors (Lipinski definition) is 2. The molecule has 2 N–H and O–H groups in total. The summed E-state index contributed by atoms with van der Waals surface area (Å²) >= 11 is 5.98. The molecule has 0 saturated heterocycles. The van der Waals surface area contributed by atoms with Gasteiger partial charge in [-0.3, -0.25) is 0 Å². The topological polar surface area (TPSA) is 49.3 Å². The second-order valence-corrected chi connectivity index (χ2v) is 5.60. The number of hydrogen-bond acceptors (Lipinski definition) is 2. The summed E-state index contributed by atoms with van der Waals surface area (Å²) in [5, 5.41) is 12.1. The summed E-state index contributed by atoms with van der Waals surface area (Å²) < 4.78 is 39.6. The van der Waals surface area contributed by atoms with Crippen LogP contribution in [-0.2, 0) is 11.0 Å². The number of carboxylic acids is 1. The highest BCUT2D eigenvalue weighted by molar-refractivity contribution is 6.33. The fraction of sp³-hybridized carbons (Fsp3) is 0.357. The van der Waals surface area contributed by atoms with Crippen LogP contribution < -0.4 is 5.32 Å². The first-order valence-electron chi connectivity index (χ1n) is 6.36. The Morgan fingerprint density at radius 2 is 2.10 bits per heavy atom. The number of nitrogens with one attached hydrogen (secondary N) is 1. The molecule has 3 rings (SSSR count). The fourth-order valence-corrected chi connectivity index (χ4v) is 3.39. The molecule has 0 amide bonds. The highest BCUT2D eigenvalue weighted by Gasteiger charge is 2.46. The Bertz CT molecular complexity index is 642. The molecule has 1 aliphatic carbocycles. The predicted octanol–water partition coefficient (Wildman–Crippen LogP) is 3.90. The van der Waals surface area contributed by atoms with E-state index in [1.807, 2.05) is 0 Å². The average molecular weight is 318 g/mol. The maximum absolute atomic E-state index is 13.2. The molecule has 1 heterocycles. The van der Waals surface area contributed by atoms with Crippen molar-refractivity contribution in [1.29, 1.82) is 0 Å². The monoisotopic (exact) mass is 317 g/mol. The molecule has 0 unspecified atom stereocenters. The maximum Gasteiger partial charge on any atom is 0.416 e. The van der Waals surface area contributed by atoms with E-state index in [0.717, 1.165) is 12.1 Å². The Balaban J connectivity index is 2.22. The zero-order valence-electron chi connectivity index (χ0n) is 10.6. The van der Waals surface area contributed by atoms with Gasteiger partial charge >= 0.3 is 12.1 Å². The lowest BCUT2D eigenvalue weighted by molar-refractivity contribution is -0.139. The normalized spacial score (nSPS) is 27.0. The number of aliphatic carboxylic acids is 1. The van der Waals surface area contributed by atoms with Gasteiger partial charge in [0.1, 0.15) is 6.04 Å². The largest absolute Gasteiger partial charge is 0.480 e. The first kappa shape index (κ1) is 14.3. The van der Waals surface area contributed by atoms with Crippen molar-refractivity contribution in [3.05, 3.63) is 40.4 Å². The standard InChI is InChI=1S/C14H11ClF3NO2/c15-9-5-4-8(14(16,17)18)10-6-2-1-3-7(6)11(13(20)21)19-12(9)10/h1-2,4-7,11,19H,3H2,(H,20,21)/t6-,7-,11+/m0/s1. The number of fused-ring (bicyclic) bond motifs is 3. The van der Waals surface area contributed by atoms with E-state index in [1.165, 1.54) is 0 Å². The van der Waals surface area contributed by atoms with Crippen molar-refractivity contribution in [3.63, 3.8) is 0 Å². The minimum Gasteiger partial charge on any atom is -0.480 e. The molecule has 3 atom stereocenters. The zero-order chi connectivity index (χ0) is 15.4. The van der Waals surface area contributed by atoms with Crippen LogP contribution in [0, 0.1) is 5.92 Å². The Hall–Kier alpha value is -1.69. The van der Waals surface area contributed by atoms with E-state index >= 15 is 0 Å². The minimum absolute atomic E-state index is 0.0475. The number of rotatable bonds is 1. The number of anilines is 1. The number of benzene rings is 1. The molecule has 112 valence electrons. The van der Waals surface area contributed by atoms with Gasteiger partial charge in [0.05, 0.1) is 16.3 Å². The zero-order valence-corrected chi connectivity index (χ0v) is 11.4. The second-order valence-electron chi connectivity index (χ2n) is 5.20. The van der Waals surface area contributed by atoms with Gasteiger partial charge in [0.15, 0.2) is 0 Å². The van der Waals surface area contributed by atoms with Gasteiger partial charge in [-0.2, -0.15) is 13.2 Å². The fourth-order valence-electron chi connectivity index (χ4n) is 3.17. The van der Waals surface area contributed by atoms with Gasteiger partial charge < -0.3 is 10.4 Å². The minimum atomic E-state index is -4.51. The molecule has 1 aromatic rings. The second kappa shape index (κ2) is 4.66. The van der Waals surface area contributed by atoms with Gasteiger partial charge in [-0.25, -0.2) is 4.79 Å². The lowest BCUT2D eigenvalue weighted by atomic mass is 9.77. The van der Waals surface area contributed by atoms with Crippen molar-refractivity contribution >= 4 is 23.3 Å². The van der Waals surface area contributed by atoms with E-state index in [-0.39, 0.29) is 16.3 Å². The van der Waals surface area contributed by atoms with Crippen LogP contribution >= 0.6 is 11.6 Å². The summed E-state index contributed by atoms with van der Waals surface area (Å²) in [7, 11) is 0. The number of halogens is 4. The number of carbonyl (C=O) groups is 1. The summed E-state index contributed by atoms with van der Waals surface area (Å²) in [6, 6.07) is 1.15. The Morgan fingerprint density at radius 1 is 1.38 bits per heavy atom. The maximum atomic E-state index is 13.2. The lowest BCUT2D eigenvalue weighted by Crippen LogP contribution is -2.42. The molecule has 0 spiro atoms. The van der Waals surface area contributed by atoms with Crippen LogP contribution in [0.3, 0.4) is 0 Å². The van der Waals surface area contributed by atoms with Gasteiger partial charge in [0.25, 0.3) is 0 Å². The molecule has 0 radical (unpaired) electrons. The first-order valence-corrected chi connectivity index (χ1v) is 6.74. The van der Waals surface area contributed by atoms with Crippen LogP contribution in [0.4, 0.5) is 18.9 Å². The molecule has 1 aromatic carbocycles. The van der Waals surface area contributed by atoms with Crippen molar-refractivity contribution < 1.29 is 23.1 Å². The van der Waals surface area contributed by atoms with Crippen LogP contribution in [0.25, 0.3) is 0 Å². The third-order valence-corrected chi connectivity index (χ3v) is 4.36. The molecule has 0 bridgehead atoms. The summed E-state index contributed by atoms with van der Waals surface area (Å²) in [5.74, 6) is -2.11. The quantitative estimate of drug-likeness (QED) is 0.772. The van der Waals surface area contributed by atoms with Gasteiger partial charge in [-0.05, 0) is 24.1 Å². The Kier molecular flexibility index (Phi) is 3.16. The van der Waals surface area contributed by atoms with Crippen molar-refractivity contribution in [2.24, 2.45) is 5.92 Å². The van der Waals surface area contributed by atoms with Crippen molar-refractivity contribution in [1.82, 2.24) is 0 Å². The summed E-state index contributed by atoms with van der Waals surface area (Å²) in [4.78, 5) is 11.3. The first-order chi connectivity index (χ1) is 9.80. The van der Waals surface area contributed by atoms with E-state index in [4.69, 9.17) is 11.6 Å².